The van der Waals surface area contributed by atoms with Gasteiger partial charge in [0.05, 0.1) is 0 Å². The maximum Gasteiger partial charge on any atom is 0.227 e. The zero-order chi connectivity index (χ0) is 15.4. The maximum atomic E-state index is 13.7. The quantitative estimate of drug-likeness (QED) is 0.531. The van der Waals surface area contributed by atoms with E-state index < -0.39 is 0 Å². The Morgan fingerprint density at radius 2 is 1.50 bits per heavy atom. The minimum absolute atomic E-state index is 0.0456. The minimum atomic E-state index is -0.249. The fraction of sp³-hybridized carbons (Fsp3) is 0.0526. The lowest BCUT2D eigenvalue weighted by molar-refractivity contribution is -0.683. The van der Waals surface area contributed by atoms with Gasteiger partial charge in [0.2, 0.25) is 12.3 Å². The van der Waals surface area contributed by atoms with Gasteiger partial charge in [-0.2, -0.15) is 4.57 Å². The van der Waals surface area contributed by atoms with Crippen LogP contribution >= 0.6 is 0 Å². The predicted octanol–water partition coefficient (Wildman–Crippen LogP) is 3.66. The molecule has 0 aliphatic rings. The van der Waals surface area contributed by atoms with Gasteiger partial charge < -0.3 is 0 Å². The van der Waals surface area contributed by atoms with Crippen molar-refractivity contribution in [3.05, 3.63) is 90.5 Å². The molecule has 22 heavy (non-hydrogen) atoms. The van der Waals surface area contributed by atoms with Crippen molar-refractivity contribution in [1.29, 1.82) is 0 Å². The van der Waals surface area contributed by atoms with Crippen LogP contribution in [-0.4, -0.2) is 5.78 Å². The molecule has 0 amide bonds. The van der Waals surface area contributed by atoms with Crippen molar-refractivity contribution >= 4 is 5.78 Å². The maximum absolute atomic E-state index is 13.7. The van der Waals surface area contributed by atoms with Crippen molar-refractivity contribution in [2.75, 3.05) is 0 Å². The van der Waals surface area contributed by atoms with Crippen molar-refractivity contribution in [3.63, 3.8) is 0 Å². The molecule has 0 N–H and O–H groups in total. The number of Topliss-reactive ketones (excluding diaryl/α,β-unsaturated/α-hetero) is 1. The average molecular weight is 292 g/mol. The van der Waals surface area contributed by atoms with E-state index >= 15 is 0 Å². The lowest BCUT2D eigenvalue weighted by Gasteiger charge is -2.02. The Morgan fingerprint density at radius 1 is 0.864 bits per heavy atom. The Hall–Kier alpha value is -2.81. The summed E-state index contributed by atoms with van der Waals surface area (Å²) in [7, 11) is 0. The van der Waals surface area contributed by atoms with Gasteiger partial charge in [-0.1, -0.05) is 48.5 Å². The smallest absolute Gasteiger partial charge is 0.227 e. The lowest BCUT2D eigenvalue weighted by atomic mass is 10.1. The van der Waals surface area contributed by atoms with Crippen molar-refractivity contribution in [1.82, 2.24) is 0 Å². The van der Waals surface area contributed by atoms with Gasteiger partial charge in [0.25, 0.3) is 0 Å². The molecule has 3 heteroatoms. The summed E-state index contributed by atoms with van der Waals surface area (Å²) in [4.78, 5) is 12.1. The van der Waals surface area contributed by atoms with Crippen LogP contribution in [-0.2, 0) is 6.54 Å². The van der Waals surface area contributed by atoms with Crippen LogP contribution in [0, 0.1) is 5.82 Å². The molecule has 0 saturated heterocycles. The number of ketones is 1. The highest BCUT2D eigenvalue weighted by molar-refractivity contribution is 5.94. The van der Waals surface area contributed by atoms with Crippen LogP contribution in [0.4, 0.5) is 4.39 Å². The number of aromatic nitrogens is 1. The largest absolute Gasteiger partial charge is 0.287 e. The Morgan fingerprint density at radius 3 is 2.18 bits per heavy atom. The van der Waals surface area contributed by atoms with Crippen LogP contribution in [0.5, 0.6) is 0 Å². The molecule has 0 aliphatic carbocycles. The highest BCUT2D eigenvalue weighted by Gasteiger charge is 2.12. The summed E-state index contributed by atoms with van der Waals surface area (Å²) in [5, 5.41) is 0. The molecule has 1 heterocycles. The Labute approximate surface area is 128 Å². The van der Waals surface area contributed by atoms with E-state index in [0.29, 0.717) is 11.1 Å². The molecule has 3 rings (SSSR count). The second-order valence-electron chi connectivity index (χ2n) is 5.03. The third-order valence-corrected chi connectivity index (χ3v) is 3.50. The topological polar surface area (TPSA) is 20.9 Å². The lowest BCUT2D eigenvalue weighted by Crippen LogP contribution is -2.37. The van der Waals surface area contributed by atoms with E-state index in [1.807, 2.05) is 30.3 Å². The van der Waals surface area contributed by atoms with Crippen molar-refractivity contribution in [3.8, 4) is 11.1 Å². The molecule has 108 valence electrons. The molecule has 0 unspecified atom stereocenters. The summed E-state index contributed by atoms with van der Waals surface area (Å²) in [5.74, 6) is -0.204. The monoisotopic (exact) mass is 292 g/mol. The fourth-order valence-electron chi connectivity index (χ4n) is 2.32. The second kappa shape index (κ2) is 6.31. The first-order chi connectivity index (χ1) is 10.7. The van der Waals surface area contributed by atoms with Gasteiger partial charge in [-0.05, 0) is 11.6 Å². The van der Waals surface area contributed by atoms with Gasteiger partial charge in [0, 0.05) is 23.3 Å². The van der Waals surface area contributed by atoms with E-state index in [2.05, 4.69) is 0 Å². The first-order valence-electron chi connectivity index (χ1n) is 7.06. The Balaban J connectivity index is 1.78. The Bertz CT molecular complexity index is 782. The summed E-state index contributed by atoms with van der Waals surface area (Å²) in [5.41, 5.74) is 2.04. The first-order valence-corrected chi connectivity index (χ1v) is 7.06. The zero-order valence-electron chi connectivity index (χ0n) is 11.9. The standard InChI is InChI=1S/C19H15FNO/c20-18-9-5-4-8-17(18)15-10-12-21(13-11-15)14-19(22)16-6-2-1-3-7-16/h1-13H,14H2/q+1. The van der Waals surface area contributed by atoms with E-state index in [1.165, 1.54) is 6.07 Å². The predicted molar refractivity (Wildman–Crippen MR) is 82.8 cm³/mol. The van der Waals surface area contributed by atoms with Crippen LogP contribution in [0.1, 0.15) is 10.4 Å². The number of hydrogen-bond donors (Lipinski definition) is 0. The summed E-state index contributed by atoms with van der Waals surface area (Å²) < 4.78 is 15.5. The van der Waals surface area contributed by atoms with E-state index in [0.717, 1.165) is 5.56 Å². The Kier molecular flexibility index (Phi) is 4.05. The van der Waals surface area contributed by atoms with Crippen molar-refractivity contribution in [2.45, 2.75) is 6.54 Å². The summed E-state index contributed by atoms with van der Waals surface area (Å²) in [6.45, 7) is 0.265. The van der Waals surface area contributed by atoms with Crippen molar-refractivity contribution < 1.29 is 13.8 Å². The van der Waals surface area contributed by atoms with Gasteiger partial charge in [-0.15, -0.1) is 0 Å². The number of rotatable bonds is 4. The van der Waals surface area contributed by atoms with Gasteiger partial charge in [0.15, 0.2) is 12.4 Å². The molecule has 2 nitrogen and oxygen atoms in total. The highest BCUT2D eigenvalue weighted by Crippen LogP contribution is 2.20. The van der Waals surface area contributed by atoms with E-state index in [9.17, 15) is 9.18 Å². The van der Waals surface area contributed by atoms with Gasteiger partial charge in [0.1, 0.15) is 5.82 Å². The van der Waals surface area contributed by atoms with E-state index in [-0.39, 0.29) is 18.1 Å². The second-order valence-corrected chi connectivity index (χ2v) is 5.03. The molecule has 3 aromatic rings. The molecule has 0 radical (unpaired) electrons. The third-order valence-electron chi connectivity index (χ3n) is 3.50. The highest BCUT2D eigenvalue weighted by atomic mass is 19.1. The molecule has 0 atom stereocenters. The zero-order valence-corrected chi connectivity index (χ0v) is 11.9. The summed E-state index contributed by atoms with van der Waals surface area (Å²) in [6.07, 6.45) is 3.59. The normalized spacial score (nSPS) is 10.4. The third kappa shape index (κ3) is 3.09. The number of benzene rings is 2. The molecule has 0 fully saturated rings. The SMILES string of the molecule is O=C(C[n+]1ccc(-c2ccccc2F)cc1)c1ccccc1. The number of halogens is 1. The molecule has 2 aromatic carbocycles. The van der Waals surface area contributed by atoms with Crippen LogP contribution < -0.4 is 4.57 Å². The molecular weight excluding hydrogens is 277 g/mol. The van der Waals surface area contributed by atoms with Crippen molar-refractivity contribution in [2.24, 2.45) is 0 Å². The number of carbonyl (C=O) groups is 1. The van der Waals surface area contributed by atoms with Gasteiger partial charge in [-0.3, -0.25) is 4.79 Å². The number of pyridine rings is 1. The van der Waals surface area contributed by atoms with Crippen LogP contribution in [0.25, 0.3) is 11.1 Å². The molecule has 0 aliphatic heterocycles. The number of nitrogens with zero attached hydrogens (tertiary/aromatic N) is 1. The van der Waals surface area contributed by atoms with E-state index in [4.69, 9.17) is 0 Å². The van der Waals surface area contributed by atoms with Gasteiger partial charge >= 0.3 is 0 Å². The fourth-order valence-corrected chi connectivity index (χ4v) is 2.32. The molecule has 1 aromatic heterocycles. The molecular formula is C19H15FNO+. The van der Waals surface area contributed by atoms with Gasteiger partial charge in [-0.25, -0.2) is 4.39 Å². The first kappa shape index (κ1) is 14.1. The van der Waals surface area contributed by atoms with E-state index in [1.54, 1.807) is 47.3 Å². The molecule has 0 spiro atoms. The van der Waals surface area contributed by atoms with Crippen LogP contribution in [0.2, 0.25) is 0 Å². The minimum Gasteiger partial charge on any atom is -0.287 e. The van der Waals surface area contributed by atoms with Crippen LogP contribution in [0.15, 0.2) is 79.1 Å². The molecule has 0 bridgehead atoms. The molecule has 0 saturated carbocycles. The summed E-state index contributed by atoms with van der Waals surface area (Å²) >= 11 is 0. The van der Waals surface area contributed by atoms with Crippen LogP contribution in [0.3, 0.4) is 0 Å². The summed E-state index contributed by atoms with van der Waals surface area (Å²) in [6, 6.07) is 19.5. The average Bonchev–Trinajstić information content (AvgIpc) is 2.57. The number of hydrogen-bond acceptors (Lipinski definition) is 1. The number of carbonyl (C=O) groups excluding carboxylic acids is 1.